The van der Waals surface area contributed by atoms with Gasteiger partial charge in [-0.2, -0.15) is 4.39 Å². The van der Waals surface area contributed by atoms with Gasteiger partial charge in [0, 0.05) is 21.2 Å². The zero-order valence-corrected chi connectivity index (χ0v) is 12.6. The molecule has 0 N–H and O–H groups in total. The van der Waals surface area contributed by atoms with Crippen LogP contribution < -0.4 is 4.74 Å². The summed E-state index contributed by atoms with van der Waals surface area (Å²) in [5, 5.41) is 0. The van der Waals surface area contributed by atoms with Crippen molar-refractivity contribution in [2.45, 2.75) is 19.8 Å². The number of allylic oxidation sites excluding steroid dienone is 1. The highest BCUT2D eigenvalue weighted by molar-refractivity contribution is 7.15. The van der Waals surface area contributed by atoms with E-state index >= 15 is 0 Å². The molecule has 1 nitrogen and oxygen atoms in total. The van der Waals surface area contributed by atoms with Gasteiger partial charge in [-0.05, 0) is 44.0 Å². The van der Waals surface area contributed by atoms with Crippen molar-refractivity contribution in [3.8, 4) is 16.2 Å². The Balaban J connectivity index is 1.80. The first-order valence-electron chi connectivity index (χ1n) is 6.99. The lowest BCUT2D eigenvalue weighted by Gasteiger charge is -2.12. The van der Waals surface area contributed by atoms with Crippen molar-refractivity contribution in [3.63, 3.8) is 0 Å². The van der Waals surface area contributed by atoms with Crippen LogP contribution in [-0.2, 0) is 0 Å². The van der Waals surface area contributed by atoms with Crippen molar-refractivity contribution in [3.05, 3.63) is 52.9 Å². The molecule has 2 aromatic rings. The minimum atomic E-state index is -0.902. The Hall–Kier alpha value is -1.68. The molecule has 1 aromatic heterocycles. The predicted octanol–water partition coefficient (Wildman–Crippen LogP) is 5.35. The fourth-order valence-electron chi connectivity index (χ4n) is 2.44. The number of hydrogen-bond acceptors (Lipinski definition) is 2. The van der Waals surface area contributed by atoms with Crippen LogP contribution in [0.4, 0.5) is 8.78 Å². The average Bonchev–Trinajstić information content (AvgIpc) is 3.12. The molecule has 0 bridgehead atoms. The lowest BCUT2D eigenvalue weighted by molar-refractivity contribution is 0.258. The highest BCUT2D eigenvalue weighted by Gasteiger charge is 2.18. The summed E-state index contributed by atoms with van der Waals surface area (Å²) in [7, 11) is 0. The molecule has 0 amide bonds. The number of rotatable bonds is 4. The Morgan fingerprint density at radius 1 is 1.19 bits per heavy atom. The van der Waals surface area contributed by atoms with Gasteiger partial charge < -0.3 is 4.74 Å². The predicted molar refractivity (Wildman–Crippen MR) is 81.8 cm³/mol. The largest absolute Gasteiger partial charge is 0.490 e. The van der Waals surface area contributed by atoms with Crippen molar-refractivity contribution in [1.29, 1.82) is 0 Å². The molecule has 1 aliphatic carbocycles. The number of aryl methyl sites for hydroxylation is 1. The van der Waals surface area contributed by atoms with Crippen LogP contribution in [0.2, 0.25) is 0 Å². The van der Waals surface area contributed by atoms with Gasteiger partial charge in [0.25, 0.3) is 0 Å². The SMILES string of the molecule is Cc1ccc(-c2ccc(OCC3C=CCC3)c(F)c2F)s1. The van der Waals surface area contributed by atoms with Crippen LogP contribution >= 0.6 is 11.3 Å². The van der Waals surface area contributed by atoms with E-state index in [9.17, 15) is 8.78 Å². The van der Waals surface area contributed by atoms with Crippen molar-refractivity contribution in [1.82, 2.24) is 0 Å². The molecule has 0 spiro atoms. The van der Waals surface area contributed by atoms with Crippen LogP contribution in [0.25, 0.3) is 10.4 Å². The maximum Gasteiger partial charge on any atom is 0.201 e. The zero-order valence-electron chi connectivity index (χ0n) is 11.7. The fraction of sp³-hybridized carbons (Fsp3) is 0.294. The standard InChI is InChI=1S/C17H16F2OS/c1-11-6-9-15(21-11)13-7-8-14(17(19)16(13)18)20-10-12-4-2-3-5-12/h2,4,6-9,12H,3,5,10H2,1H3. The van der Waals surface area contributed by atoms with Crippen LogP contribution in [0.5, 0.6) is 5.75 Å². The van der Waals surface area contributed by atoms with Gasteiger partial charge in [0.05, 0.1) is 6.61 Å². The molecule has 0 radical (unpaired) electrons. The van der Waals surface area contributed by atoms with E-state index < -0.39 is 11.6 Å². The lowest BCUT2D eigenvalue weighted by Crippen LogP contribution is -2.08. The molecule has 1 heterocycles. The summed E-state index contributed by atoms with van der Waals surface area (Å²) in [6.45, 7) is 2.33. The van der Waals surface area contributed by atoms with Crippen molar-refractivity contribution in [2.24, 2.45) is 5.92 Å². The van der Waals surface area contributed by atoms with Gasteiger partial charge in [0.15, 0.2) is 11.6 Å². The smallest absolute Gasteiger partial charge is 0.201 e. The van der Waals surface area contributed by atoms with E-state index in [2.05, 4.69) is 12.2 Å². The maximum absolute atomic E-state index is 14.2. The Kier molecular flexibility index (Phi) is 4.06. The molecule has 0 aliphatic heterocycles. The van der Waals surface area contributed by atoms with E-state index in [1.165, 1.54) is 17.4 Å². The molecule has 21 heavy (non-hydrogen) atoms. The van der Waals surface area contributed by atoms with E-state index in [0.29, 0.717) is 18.1 Å². The Morgan fingerprint density at radius 3 is 2.71 bits per heavy atom. The zero-order chi connectivity index (χ0) is 14.8. The molecule has 0 fully saturated rings. The number of hydrogen-bond donors (Lipinski definition) is 0. The van der Waals surface area contributed by atoms with Gasteiger partial charge >= 0.3 is 0 Å². The van der Waals surface area contributed by atoms with Crippen molar-refractivity contribution < 1.29 is 13.5 Å². The highest BCUT2D eigenvalue weighted by atomic mass is 32.1. The highest BCUT2D eigenvalue weighted by Crippen LogP contribution is 2.34. The van der Waals surface area contributed by atoms with Crippen LogP contribution in [0, 0.1) is 24.5 Å². The summed E-state index contributed by atoms with van der Waals surface area (Å²) < 4.78 is 33.7. The van der Waals surface area contributed by atoms with E-state index in [4.69, 9.17) is 4.74 Å². The van der Waals surface area contributed by atoms with Crippen molar-refractivity contribution in [2.75, 3.05) is 6.61 Å². The second kappa shape index (κ2) is 5.98. The molecule has 4 heteroatoms. The molecule has 110 valence electrons. The molecule has 1 aliphatic rings. The molecular formula is C17H16F2OS. The Morgan fingerprint density at radius 2 is 2.05 bits per heavy atom. The first-order chi connectivity index (χ1) is 10.1. The van der Waals surface area contributed by atoms with Gasteiger partial charge in [-0.3, -0.25) is 0 Å². The summed E-state index contributed by atoms with van der Waals surface area (Å²) >= 11 is 1.45. The van der Waals surface area contributed by atoms with E-state index in [1.54, 1.807) is 6.07 Å². The van der Waals surface area contributed by atoms with Crippen molar-refractivity contribution >= 4 is 11.3 Å². The molecule has 0 saturated carbocycles. The van der Waals surface area contributed by atoms with E-state index in [-0.39, 0.29) is 5.75 Å². The number of halogens is 2. The molecule has 1 unspecified atom stereocenters. The van der Waals surface area contributed by atoms with E-state index in [1.807, 2.05) is 19.1 Å². The van der Waals surface area contributed by atoms with Gasteiger partial charge in [-0.25, -0.2) is 4.39 Å². The summed E-state index contributed by atoms with van der Waals surface area (Å²) in [5.74, 6) is -1.45. The molecule has 1 atom stereocenters. The summed E-state index contributed by atoms with van der Waals surface area (Å²) in [6.07, 6.45) is 6.20. The third-order valence-electron chi connectivity index (χ3n) is 3.62. The topological polar surface area (TPSA) is 9.23 Å². The second-order valence-electron chi connectivity index (χ2n) is 5.23. The minimum Gasteiger partial charge on any atom is -0.490 e. The number of ether oxygens (including phenoxy) is 1. The summed E-state index contributed by atoms with van der Waals surface area (Å²) in [5.41, 5.74) is 0.290. The Bertz CT molecular complexity index is 675. The minimum absolute atomic E-state index is 0.00942. The fourth-order valence-corrected chi connectivity index (χ4v) is 3.33. The Labute approximate surface area is 126 Å². The summed E-state index contributed by atoms with van der Waals surface area (Å²) in [6, 6.07) is 6.81. The molecule has 1 aromatic carbocycles. The maximum atomic E-state index is 14.2. The van der Waals surface area contributed by atoms with Crippen LogP contribution in [0.3, 0.4) is 0 Å². The molecular weight excluding hydrogens is 290 g/mol. The number of thiophene rings is 1. The van der Waals surface area contributed by atoms with Crippen LogP contribution in [-0.4, -0.2) is 6.61 Å². The van der Waals surface area contributed by atoms with Crippen LogP contribution in [0.1, 0.15) is 17.7 Å². The summed E-state index contributed by atoms with van der Waals surface area (Å²) in [4.78, 5) is 1.80. The third kappa shape index (κ3) is 3.00. The first-order valence-corrected chi connectivity index (χ1v) is 7.81. The molecule has 3 rings (SSSR count). The first kappa shape index (κ1) is 14.3. The quantitative estimate of drug-likeness (QED) is 0.692. The monoisotopic (exact) mass is 306 g/mol. The van der Waals surface area contributed by atoms with Gasteiger partial charge in [0.2, 0.25) is 5.82 Å². The second-order valence-corrected chi connectivity index (χ2v) is 6.51. The van der Waals surface area contributed by atoms with E-state index in [0.717, 1.165) is 22.6 Å². The van der Waals surface area contributed by atoms with Gasteiger partial charge in [-0.15, -0.1) is 11.3 Å². The molecule has 0 saturated heterocycles. The number of benzene rings is 1. The lowest BCUT2D eigenvalue weighted by atomic mass is 10.1. The average molecular weight is 306 g/mol. The van der Waals surface area contributed by atoms with Gasteiger partial charge in [0.1, 0.15) is 0 Å². The van der Waals surface area contributed by atoms with Gasteiger partial charge in [-0.1, -0.05) is 12.2 Å². The van der Waals surface area contributed by atoms with Crippen LogP contribution in [0.15, 0.2) is 36.4 Å². The normalized spacial score (nSPS) is 17.4. The third-order valence-corrected chi connectivity index (χ3v) is 4.65.